The summed E-state index contributed by atoms with van der Waals surface area (Å²) in [4.78, 5) is 24.5. The highest BCUT2D eigenvalue weighted by molar-refractivity contribution is 6.31. The summed E-state index contributed by atoms with van der Waals surface area (Å²) in [6.45, 7) is 4.27. The summed E-state index contributed by atoms with van der Waals surface area (Å²) in [7, 11) is 1.26. The number of carbonyl (C=O) groups is 2. The molecule has 1 aromatic rings. The SMILES string of the molecule is CCCOCC1=C(C(=O)O)[C@H](c2ccccc2Cl)C(C(=O)OC)=C(C)N1. The normalized spacial score (nSPS) is 17.2. The average molecular weight is 380 g/mol. The molecule has 0 aromatic heterocycles. The van der Waals surface area contributed by atoms with Crippen molar-refractivity contribution in [3.63, 3.8) is 0 Å². The molecule has 0 amide bonds. The third kappa shape index (κ3) is 4.08. The van der Waals surface area contributed by atoms with Gasteiger partial charge in [0.15, 0.2) is 0 Å². The minimum atomic E-state index is -1.15. The van der Waals surface area contributed by atoms with E-state index in [2.05, 4.69) is 5.32 Å². The van der Waals surface area contributed by atoms with Crippen LogP contribution in [0.1, 0.15) is 31.7 Å². The lowest BCUT2D eigenvalue weighted by atomic mass is 9.80. The minimum Gasteiger partial charge on any atom is -0.478 e. The molecule has 0 saturated carbocycles. The van der Waals surface area contributed by atoms with E-state index in [0.717, 1.165) is 6.42 Å². The van der Waals surface area contributed by atoms with Crippen LogP contribution in [0.3, 0.4) is 0 Å². The van der Waals surface area contributed by atoms with Crippen LogP contribution < -0.4 is 5.32 Å². The summed E-state index contributed by atoms with van der Waals surface area (Å²) in [6, 6.07) is 6.87. The number of nitrogens with one attached hydrogen (secondary N) is 1. The highest BCUT2D eigenvalue weighted by Crippen LogP contribution is 2.41. The van der Waals surface area contributed by atoms with Crippen LogP contribution in [0.4, 0.5) is 0 Å². The molecule has 2 rings (SSSR count). The van der Waals surface area contributed by atoms with Gasteiger partial charge in [0.2, 0.25) is 0 Å². The Balaban J connectivity index is 2.64. The van der Waals surface area contributed by atoms with E-state index in [0.29, 0.717) is 28.6 Å². The third-order valence-electron chi connectivity index (χ3n) is 4.09. The fourth-order valence-corrected chi connectivity index (χ4v) is 3.23. The van der Waals surface area contributed by atoms with Gasteiger partial charge in [0.25, 0.3) is 0 Å². The lowest BCUT2D eigenvalue weighted by Gasteiger charge is -2.31. The molecule has 1 aromatic carbocycles. The first-order valence-electron chi connectivity index (χ1n) is 8.26. The van der Waals surface area contributed by atoms with E-state index >= 15 is 0 Å². The summed E-state index contributed by atoms with van der Waals surface area (Å²) < 4.78 is 10.4. The Bertz CT molecular complexity index is 769. The van der Waals surface area contributed by atoms with Crippen molar-refractivity contribution in [1.29, 1.82) is 0 Å². The van der Waals surface area contributed by atoms with Crippen LogP contribution in [-0.4, -0.2) is 37.4 Å². The molecular weight excluding hydrogens is 358 g/mol. The number of allylic oxidation sites excluding steroid dienone is 1. The molecule has 6 nitrogen and oxygen atoms in total. The molecule has 7 heteroatoms. The quantitative estimate of drug-likeness (QED) is 0.559. The molecule has 0 fully saturated rings. The zero-order chi connectivity index (χ0) is 19.3. The fourth-order valence-electron chi connectivity index (χ4n) is 2.98. The number of benzene rings is 1. The largest absolute Gasteiger partial charge is 0.478 e. The zero-order valence-electron chi connectivity index (χ0n) is 15.0. The number of carbonyl (C=O) groups excluding carboxylic acids is 1. The van der Waals surface area contributed by atoms with E-state index < -0.39 is 17.9 Å². The van der Waals surface area contributed by atoms with Crippen LogP contribution in [0.15, 0.2) is 46.8 Å². The van der Waals surface area contributed by atoms with Crippen LogP contribution in [0.2, 0.25) is 5.02 Å². The maximum Gasteiger partial charge on any atom is 0.336 e. The molecule has 1 aliphatic heterocycles. The summed E-state index contributed by atoms with van der Waals surface area (Å²) in [6.07, 6.45) is 0.811. The second kappa shape index (κ2) is 8.87. The van der Waals surface area contributed by atoms with Crippen molar-refractivity contribution in [3.05, 3.63) is 57.4 Å². The second-order valence-corrected chi connectivity index (χ2v) is 6.27. The summed E-state index contributed by atoms with van der Waals surface area (Å²) in [5, 5.41) is 13.3. The van der Waals surface area contributed by atoms with Crippen molar-refractivity contribution < 1.29 is 24.2 Å². The van der Waals surface area contributed by atoms with Gasteiger partial charge in [0, 0.05) is 17.3 Å². The van der Waals surface area contributed by atoms with Gasteiger partial charge in [-0.3, -0.25) is 0 Å². The monoisotopic (exact) mass is 379 g/mol. The lowest BCUT2D eigenvalue weighted by molar-refractivity contribution is -0.136. The number of halogens is 1. The van der Waals surface area contributed by atoms with Crippen molar-refractivity contribution in [2.24, 2.45) is 0 Å². The van der Waals surface area contributed by atoms with Crippen molar-refractivity contribution in [2.45, 2.75) is 26.2 Å². The average Bonchev–Trinajstić information content (AvgIpc) is 2.61. The van der Waals surface area contributed by atoms with Crippen LogP contribution in [0.25, 0.3) is 0 Å². The van der Waals surface area contributed by atoms with Crippen LogP contribution in [0, 0.1) is 0 Å². The van der Waals surface area contributed by atoms with Crippen molar-refractivity contribution in [1.82, 2.24) is 5.32 Å². The van der Waals surface area contributed by atoms with Crippen LogP contribution in [-0.2, 0) is 19.1 Å². The minimum absolute atomic E-state index is 0.0280. The summed E-state index contributed by atoms with van der Waals surface area (Å²) >= 11 is 6.32. The molecule has 1 atom stereocenters. The van der Waals surface area contributed by atoms with Gasteiger partial charge in [-0.25, -0.2) is 9.59 Å². The maximum atomic E-state index is 12.4. The van der Waals surface area contributed by atoms with E-state index in [9.17, 15) is 14.7 Å². The van der Waals surface area contributed by atoms with Crippen LogP contribution >= 0.6 is 11.6 Å². The Kier molecular flexibility index (Phi) is 6.83. The second-order valence-electron chi connectivity index (χ2n) is 5.86. The highest BCUT2D eigenvalue weighted by atomic mass is 35.5. The van der Waals surface area contributed by atoms with Crippen molar-refractivity contribution >= 4 is 23.5 Å². The van der Waals surface area contributed by atoms with Gasteiger partial charge < -0.3 is 19.9 Å². The Morgan fingerprint density at radius 2 is 1.96 bits per heavy atom. The molecule has 26 heavy (non-hydrogen) atoms. The number of rotatable bonds is 7. The first-order valence-corrected chi connectivity index (χ1v) is 8.64. The molecule has 0 aliphatic carbocycles. The number of hydrogen-bond acceptors (Lipinski definition) is 5. The van der Waals surface area contributed by atoms with Crippen molar-refractivity contribution in [3.8, 4) is 0 Å². The van der Waals surface area contributed by atoms with Gasteiger partial charge in [-0.05, 0) is 25.0 Å². The van der Waals surface area contributed by atoms with Gasteiger partial charge in [0.05, 0.1) is 36.5 Å². The number of carboxylic acid groups (broad SMARTS) is 1. The number of ether oxygens (including phenoxy) is 2. The van der Waals surface area contributed by atoms with Gasteiger partial charge in [-0.15, -0.1) is 0 Å². The summed E-state index contributed by atoms with van der Waals surface area (Å²) in [5.41, 5.74) is 1.70. The van der Waals surface area contributed by atoms with Crippen molar-refractivity contribution in [2.75, 3.05) is 20.3 Å². The van der Waals surface area contributed by atoms with E-state index in [1.807, 2.05) is 6.92 Å². The van der Waals surface area contributed by atoms with E-state index in [-0.39, 0.29) is 17.8 Å². The molecular formula is C19H22ClNO5. The zero-order valence-corrected chi connectivity index (χ0v) is 15.7. The van der Waals surface area contributed by atoms with E-state index in [1.54, 1.807) is 31.2 Å². The predicted octanol–water partition coefficient (Wildman–Crippen LogP) is 3.24. The molecule has 0 unspecified atom stereocenters. The van der Waals surface area contributed by atoms with E-state index in [1.165, 1.54) is 7.11 Å². The summed E-state index contributed by atoms with van der Waals surface area (Å²) in [5.74, 6) is -2.60. The Morgan fingerprint density at radius 3 is 2.54 bits per heavy atom. The number of dihydropyridines is 1. The fraction of sp³-hybridized carbons (Fsp3) is 0.368. The topological polar surface area (TPSA) is 84.9 Å². The molecule has 2 N–H and O–H groups in total. The highest BCUT2D eigenvalue weighted by Gasteiger charge is 2.38. The number of aliphatic carboxylic acids is 1. The predicted molar refractivity (Wildman–Crippen MR) is 97.8 cm³/mol. The van der Waals surface area contributed by atoms with Gasteiger partial charge in [-0.2, -0.15) is 0 Å². The maximum absolute atomic E-state index is 12.4. The molecule has 1 aliphatic rings. The molecule has 0 radical (unpaired) electrons. The van der Waals surface area contributed by atoms with Gasteiger partial charge in [0.1, 0.15) is 0 Å². The standard InChI is InChI=1S/C19H22ClNO5/c1-4-9-26-10-14-17(18(22)23)16(12-7-5-6-8-13(12)20)15(11(2)21-14)19(24)25-3/h5-8,16,21H,4,9-10H2,1-3H3,(H,22,23)/t16-/m1/s1. The first-order chi connectivity index (χ1) is 12.4. The Labute approximate surface area is 157 Å². The molecule has 0 bridgehead atoms. The lowest BCUT2D eigenvalue weighted by Crippen LogP contribution is -2.34. The first kappa shape index (κ1) is 20.0. The molecule has 0 saturated heterocycles. The number of esters is 1. The Hall–Kier alpha value is -2.31. The van der Waals surface area contributed by atoms with E-state index in [4.69, 9.17) is 21.1 Å². The molecule has 140 valence electrons. The number of carboxylic acids is 1. The van der Waals surface area contributed by atoms with Gasteiger partial charge >= 0.3 is 11.9 Å². The Morgan fingerprint density at radius 1 is 1.27 bits per heavy atom. The number of hydrogen-bond donors (Lipinski definition) is 2. The smallest absolute Gasteiger partial charge is 0.336 e. The third-order valence-corrected chi connectivity index (χ3v) is 4.44. The van der Waals surface area contributed by atoms with Crippen LogP contribution in [0.5, 0.6) is 0 Å². The van der Waals surface area contributed by atoms with Gasteiger partial charge in [-0.1, -0.05) is 36.7 Å². The molecule has 1 heterocycles. The molecule has 0 spiro atoms. The number of methoxy groups -OCH3 is 1.